The fourth-order valence-corrected chi connectivity index (χ4v) is 2.21. The first-order valence-electron chi connectivity index (χ1n) is 6.13. The monoisotopic (exact) mass is 249 g/mol. The van der Waals surface area contributed by atoms with E-state index in [1.165, 1.54) is 12.8 Å². The maximum Gasteiger partial charge on any atom is 0.0615 e. The Morgan fingerprint density at radius 3 is 2.56 bits per heavy atom. The lowest BCUT2D eigenvalue weighted by atomic mass is 10.1. The smallest absolute Gasteiger partial charge is 0.0615 e. The second-order valence-electron chi connectivity index (χ2n) is 4.12. The van der Waals surface area contributed by atoms with Crippen molar-refractivity contribution in [1.29, 1.82) is 0 Å². The maximum absolute atomic E-state index is 9.28. The SMILES string of the molecule is CCCCC(COC)NC(CO)CCSC. The van der Waals surface area contributed by atoms with Gasteiger partial charge in [-0.05, 0) is 24.9 Å². The molecular weight excluding hydrogens is 222 g/mol. The summed E-state index contributed by atoms with van der Waals surface area (Å²) in [5.41, 5.74) is 0. The Kier molecular flexibility index (Phi) is 11.9. The number of unbranched alkanes of at least 4 members (excludes halogenated alkanes) is 1. The van der Waals surface area contributed by atoms with E-state index in [2.05, 4.69) is 18.5 Å². The molecule has 0 saturated carbocycles. The van der Waals surface area contributed by atoms with E-state index in [1.807, 2.05) is 11.8 Å². The van der Waals surface area contributed by atoms with Crippen molar-refractivity contribution in [3.8, 4) is 0 Å². The molecule has 0 aromatic carbocycles. The largest absolute Gasteiger partial charge is 0.395 e. The highest BCUT2D eigenvalue weighted by atomic mass is 32.2. The standard InChI is InChI=1S/C12H27NO2S/c1-4-5-6-12(10-15-2)13-11(9-14)7-8-16-3/h11-14H,4-10H2,1-3H3. The van der Waals surface area contributed by atoms with Gasteiger partial charge in [0, 0.05) is 19.2 Å². The molecule has 0 aromatic rings. The van der Waals surface area contributed by atoms with Crippen LogP contribution in [0.5, 0.6) is 0 Å². The number of hydrogen-bond donors (Lipinski definition) is 2. The number of methoxy groups -OCH3 is 1. The van der Waals surface area contributed by atoms with Crippen molar-refractivity contribution in [3.05, 3.63) is 0 Å². The second-order valence-corrected chi connectivity index (χ2v) is 5.11. The summed E-state index contributed by atoms with van der Waals surface area (Å²) in [6.45, 7) is 3.14. The first-order valence-corrected chi connectivity index (χ1v) is 7.52. The van der Waals surface area contributed by atoms with E-state index in [4.69, 9.17) is 4.74 Å². The minimum Gasteiger partial charge on any atom is -0.395 e. The molecule has 4 heteroatoms. The number of thioether (sulfide) groups is 1. The number of hydrogen-bond acceptors (Lipinski definition) is 4. The van der Waals surface area contributed by atoms with Crippen LogP contribution in [-0.2, 0) is 4.74 Å². The Labute approximate surface area is 104 Å². The summed E-state index contributed by atoms with van der Waals surface area (Å²) in [5.74, 6) is 1.09. The van der Waals surface area contributed by atoms with Crippen molar-refractivity contribution < 1.29 is 9.84 Å². The molecule has 98 valence electrons. The minimum atomic E-state index is 0.212. The van der Waals surface area contributed by atoms with Crippen LogP contribution in [0.1, 0.15) is 32.6 Å². The lowest BCUT2D eigenvalue weighted by Gasteiger charge is -2.24. The summed E-state index contributed by atoms with van der Waals surface area (Å²) in [6.07, 6.45) is 6.65. The van der Waals surface area contributed by atoms with Crippen molar-refractivity contribution in [2.45, 2.75) is 44.7 Å². The zero-order valence-electron chi connectivity index (χ0n) is 10.9. The second kappa shape index (κ2) is 11.7. The quantitative estimate of drug-likeness (QED) is 0.587. The highest BCUT2D eigenvalue weighted by Gasteiger charge is 2.13. The molecule has 0 saturated heterocycles. The normalized spacial score (nSPS) is 15.0. The van der Waals surface area contributed by atoms with Gasteiger partial charge in [0.15, 0.2) is 0 Å². The molecule has 0 radical (unpaired) electrons. The molecule has 0 spiro atoms. The average Bonchev–Trinajstić information content (AvgIpc) is 2.31. The summed E-state index contributed by atoms with van der Waals surface area (Å²) in [4.78, 5) is 0. The molecule has 16 heavy (non-hydrogen) atoms. The lowest BCUT2D eigenvalue weighted by Crippen LogP contribution is -2.43. The van der Waals surface area contributed by atoms with E-state index in [1.54, 1.807) is 7.11 Å². The molecule has 2 atom stereocenters. The lowest BCUT2D eigenvalue weighted by molar-refractivity contribution is 0.142. The summed E-state index contributed by atoms with van der Waals surface area (Å²) in [7, 11) is 1.73. The van der Waals surface area contributed by atoms with Gasteiger partial charge in [-0.15, -0.1) is 0 Å². The van der Waals surface area contributed by atoms with Crippen molar-refractivity contribution in [2.24, 2.45) is 0 Å². The van der Waals surface area contributed by atoms with Gasteiger partial charge >= 0.3 is 0 Å². The highest BCUT2D eigenvalue weighted by Crippen LogP contribution is 2.06. The van der Waals surface area contributed by atoms with Gasteiger partial charge in [-0.1, -0.05) is 19.8 Å². The molecule has 0 aromatic heterocycles. The zero-order chi connectivity index (χ0) is 12.2. The van der Waals surface area contributed by atoms with Gasteiger partial charge < -0.3 is 15.2 Å². The van der Waals surface area contributed by atoms with Crippen LogP contribution in [0.4, 0.5) is 0 Å². The van der Waals surface area contributed by atoms with Gasteiger partial charge in [-0.2, -0.15) is 11.8 Å². The van der Waals surface area contributed by atoms with Crippen LogP contribution >= 0.6 is 11.8 Å². The molecule has 0 amide bonds. The predicted molar refractivity (Wildman–Crippen MR) is 72.2 cm³/mol. The van der Waals surface area contributed by atoms with Crippen molar-refractivity contribution in [3.63, 3.8) is 0 Å². The number of rotatable bonds is 11. The molecule has 0 fully saturated rings. The molecule has 0 aliphatic carbocycles. The van der Waals surface area contributed by atoms with Gasteiger partial charge in [0.2, 0.25) is 0 Å². The van der Waals surface area contributed by atoms with Crippen LogP contribution < -0.4 is 5.32 Å². The number of nitrogens with one attached hydrogen (secondary N) is 1. The highest BCUT2D eigenvalue weighted by molar-refractivity contribution is 7.98. The Balaban J connectivity index is 3.90. The summed E-state index contributed by atoms with van der Waals surface area (Å²) in [6, 6.07) is 0.591. The van der Waals surface area contributed by atoms with Crippen molar-refractivity contribution in [1.82, 2.24) is 5.32 Å². The first-order chi connectivity index (χ1) is 7.78. The molecule has 3 nitrogen and oxygen atoms in total. The first kappa shape index (κ1) is 16.2. The van der Waals surface area contributed by atoms with Crippen LogP contribution in [-0.4, -0.2) is 49.5 Å². The van der Waals surface area contributed by atoms with Gasteiger partial charge in [-0.25, -0.2) is 0 Å². The molecule has 0 rings (SSSR count). The topological polar surface area (TPSA) is 41.5 Å². The molecule has 2 N–H and O–H groups in total. The third-order valence-corrected chi connectivity index (χ3v) is 3.28. The Hall–Kier alpha value is 0.230. The third-order valence-electron chi connectivity index (χ3n) is 2.64. The average molecular weight is 249 g/mol. The minimum absolute atomic E-state index is 0.212. The molecule has 0 aliphatic rings. The van der Waals surface area contributed by atoms with E-state index in [9.17, 15) is 5.11 Å². The Morgan fingerprint density at radius 2 is 2.06 bits per heavy atom. The van der Waals surface area contributed by atoms with Crippen molar-refractivity contribution in [2.75, 3.05) is 32.3 Å². The van der Waals surface area contributed by atoms with Gasteiger partial charge in [-0.3, -0.25) is 0 Å². The fraction of sp³-hybridized carbons (Fsp3) is 1.00. The van der Waals surface area contributed by atoms with E-state index < -0.39 is 0 Å². The summed E-state index contributed by atoms with van der Waals surface area (Å²) >= 11 is 1.82. The molecule has 0 heterocycles. The van der Waals surface area contributed by atoms with Crippen LogP contribution in [0.25, 0.3) is 0 Å². The van der Waals surface area contributed by atoms with Gasteiger partial charge in [0.25, 0.3) is 0 Å². The fourth-order valence-electron chi connectivity index (χ4n) is 1.69. The maximum atomic E-state index is 9.28. The summed E-state index contributed by atoms with van der Waals surface area (Å²) < 4.78 is 5.20. The van der Waals surface area contributed by atoms with Crippen LogP contribution in [0.2, 0.25) is 0 Å². The zero-order valence-corrected chi connectivity index (χ0v) is 11.7. The molecule has 0 bridgehead atoms. The van der Waals surface area contributed by atoms with Crippen molar-refractivity contribution >= 4 is 11.8 Å². The number of aliphatic hydroxyl groups is 1. The van der Waals surface area contributed by atoms with E-state index in [0.29, 0.717) is 6.04 Å². The number of ether oxygens (including phenoxy) is 1. The van der Waals surface area contributed by atoms with E-state index >= 15 is 0 Å². The Morgan fingerprint density at radius 1 is 1.31 bits per heavy atom. The van der Waals surface area contributed by atoms with E-state index in [-0.39, 0.29) is 12.6 Å². The van der Waals surface area contributed by atoms with Gasteiger partial charge in [0.1, 0.15) is 0 Å². The molecule has 2 unspecified atom stereocenters. The van der Waals surface area contributed by atoms with Gasteiger partial charge in [0.05, 0.1) is 13.2 Å². The third kappa shape index (κ3) is 8.39. The Bertz CT molecular complexity index is 147. The predicted octanol–water partition coefficient (Wildman–Crippen LogP) is 1.90. The van der Waals surface area contributed by atoms with Crippen LogP contribution in [0.15, 0.2) is 0 Å². The molecular formula is C12H27NO2S. The van der Waals surface area contributed by atoms with Crippen LogP contribution in [0.3, 0.4) is 0 Å². The summed E-state index contributed by atoms with van der Waals surface area (Å²) in [5, 5.41) is 12.8. The van der Waals surface area contributed by atoms with Crippen LogP contribution in [0, 0.1) is 0 Å². The number of aliphatic hydroxyl groups excluding tert-OH is 1. The van der Waals surface area contributed by atoms with E-state index in [0.717, 1.165) is 25.2 Å². The molecule has 0 aliphatic heterocycles.